The monoisotopic (exact) mass is 606 g/mol. The lowest BCUT2D eigenvalue weighted by molar-refractivity contribution is -0.137. The predicted octanol–water partition coefficient (Wildman–Crippen LogP) is 7.67. The Kier molecular flexibility index (Phi) is 7.45. The molecule has 0 aliphatic carbocycles. The van der Waals surface area contributed by atoms with E-state index in [2.05, 4.69) is 19.9 Å². The first kappa shape index (κ1) is 27.5. The molecule has 0 aliphatic heterocycles. The Hall–Kier alpha value is -4.07. The van der Waals surface area contributed by atoms with E-state index in [0.29, 0.717) is 22.3 Å². The maximum Gasteiger partial charge on any atom is 0.416 e. The number of sulfonamides is 1. The van der Waals surface area contributed by atoms with E-state index in [4.69, 9.17) is 16.3 Å². The van der Waals surface area contributed by atoms with Crippen LogP contribution in [0.4, 0.5) is 23.4 Å². The summed E-state index contributed by atoms with van der Waals surface area (Å²) in [6.45, 7) is 0. The highest BCUT2D eigenvalue weighted by Gasteiger charge is 2.30. The maximum absolute atomic E-state index is 15.0. The second-order valence-corrected chi connectivity index (χ2v) is 11.0. The van der Waals surface area contributed by atoms with Crippen molar-refractivity contribution in [1.82, 2.24) is 15.2 Å². The number of nitrogens with one attached hydrogen (secondary N) is 1. The minimum atomic E-state index is -4.47. The lowest BCUT2D eigenvalue weighted by Crippen LogP contribution is -2.15. The molecule has 7 nitrogen and oxygen atoms in total. The normalized spacial score (nSPS) is 11.8. The van der Waals surface area contributed by atoms with Gasteiger partial charge in [0.25, 0.3) is 10.0 Å². The van der Waals surface area contributed by atoms with E-state index >= 15 is 4.39 Å². The van der Waals surface area contributed by atoms with Gasteiger partial charge in [0.05, 0.1) is 28.5 Å². The molecule has 2 aromatic heterocycles. The molecular formula is C26H15ClF4N4O3S2. The average molecular weight is 607 g/mol. The second-order valence-electron chi connectivity index (χ2n) is 8.21. The van der Waals surface area contributed by atoms with E-state index in [0.717, 1.165) is 35.6 Å². The van der Waals surface area contributed by atoms with Gasteiger partial charge in [-0.1, -0.05) is 29.8 Å². The van der Waals surface area contributed by atoms with Crippen molar-refractivity contribution in [1.29, 1.82) is 0 Å². The molecule has 3 aromatic carbocycles. The average Bonchev–Trinajstić information content (AvgIpc) is 3.43. The van der Waals surface area contributed by atoms with Crippen LogP contribution in [0.1, 0.15) is 5.56 Å². The van der Waals surface area contributed by atoms with Gasteiger partial charge in [-0.2, -0.15) is 23.4 Å². The Morgan fingerprint density at radius 2 is 1.65 bits per heavy atom. The molecule has 0 amide bonds. The molecule has 5 aromatic rings. The molecule has 2 heterocycles. The highest BCUT2D eigenvalue weighted by atomic mass is 35.5. The van der Waals surface area contributed by atoms with Gasteiger partial charge in [0.2, 0.25) is 0 Å². The summed E-state index contributed by atoms with van der Waals surface area (Å²) in [7, 11) is -4.33. The van der Waals surface area contributed by atoms with Gasteiger partial charge >= 0.3 is 6.18 Å². The first-order valence-corrected chi connectivity index (χ1v) is 14.0. The Bertz CT molecular complexity index is 1770. The van der Waals surface area contributed by atoms with E-state index in [1.54, 1.807) is 18.2 Å². The van der Waals surface area contributed by atoms with Crippen LogP contribution in [0.5, 0.6) is 11.5 Å². The van der Waals surface area contributed by atoms with Crippen LogP contribution < -0.4 is 9.46 Å². The summed E-state index contributed by atoms with van der Waals surface area (Å²) in [5.41, 5.74) is 2.71. The summed E-state index contributed by atoms with van der Waals surface area (Å²) in [5.74, 6) is -1.06. The summed E-state index contributed by atoms with van der Waals surface area (Å²) in [6, 6.07) is 12.9. The van der Waals surface area contributed by atoms with Gasteiger partial charge in [-0.3, -0.25) is 4.72 Å². The van der Waals surface area contributed by atoms with Crippen LogP contribution in [-0.4, -0.2) is 23.6 Å². The molecule has 0 atom stereocenters. The first-order valence-electron chi connectivity index (χ1n) is 11.2. The molecule has 0 saturated heterocycles. The van der Waals surface area contributed by atoms with E-state index in [1.165, 1.54) is 41.5 Å². The molecular weight excluding hydrogens is 592 g/mol. The number of alkyl halides is 3. The van der Waals surface area contributed by atoms with Gasteiger partial charge in [-0.15, -0.1) is 11.3 Å². The summed E-state index contributed by atoms with van der Waals surface area (Å²) in [5, 5.41) is 8.86. The molecule has 14 heteroatoms. The third-order valence-electron chi connectivity index (χ3n) is 5.59. The van der Waals surface area contributed by atoms with Crippen molar-refractivity contribution in [2.45, 2.75) is 11.1 Å². The second kappa shape index (κ2) is 10.8. The first-order chi connectivity index (χ1) is 19.0. The summed E-state index contributed by atoms with van der Waals surface area (Å²) < 4.78 is 87.4. The number of ether oxygens (including phenoxy) is 1. The molecule has 0 fully saturated rings. The number of nitrogens with zero attached hydrogens (tertiary/aromatic N) is 3. The Morgan fingerprint density at radius 1 is 0.900 bits per heavy atom. The Morgan fingerprint density at radius 3 is 2.30 bits per heavy atom. The van der Waals surface area contributed by atoms with Crippen molar-refractivity contribution in [3.63, 3.8) is 0 Å². The Labute approximate surface area is 234 Å². The molecule has 0 saturated carbocycles. The minimum Gasteiger partial charge on any atom is -0.455 e. The van der Waals surface area contributed by atoms with E-state index in [1.807, 2.05) is 0 Å². The molecule has 1 N–H and O–H groups in total. The van der Waals surface area contributed by atoms with Gasteiger partial charge in [0.1, 0.15) is 22.2 Å². The zero-order valence-electron chi connectivity index (χ0n) is 19.9. The van der Waals surface area contributed by atoms with E-state index in [-0.39, 0.29) is 22.3 Å². The predicted molar refractivity (Wildman–Crippen MR) is 142 cm³/mol. The third kappa shape index (κ3) is 5.91. The highest BCUT2D eigenvalue weighted by molar-refractivity contribution is 7.92. The topological polar surface area (TPSA) is 94.1 Å². The van der Waals surface area contributed by atoms with Crippen LogP contribution in [0.15, 0.2) is 88.8 Å². The van der Waals surface area contributed by atoms with Crippen molar-refractivity contribution in [2.75, 3.05) is 4.72 Å². The summed E-state index contributed by atoms with van der Waals surface area (Å²) in [4.78, 5) is 3.12. The molecule has 40 heavy (non-hydrogen) atoms. The fourth-order valence-electron chi connectivity index (χ4n) is 3.69. The van der Waals surface area contributed by atoms with Gasteiger partial charge in [-0.25, -0.2) is 17.8 Å². The summed E-state index contributed by atoms with van der Waals surface area (Å²) in [6.07, 6.45) is -1.59. The number of rotatable bonds is 7. The van der Waals surface area contributed by atoms with Crippen LogP contribution in [-0.2, 0) is 16.2 Å². The van der Waals surface area contributed by atoms with Crippen molar-refractivity contribution in [3.8, 4) is 33.8 Å². The third-order valence-corrected chi connectivity index (χ3v) is 7.84. The number of halogens is 5. The minimum absolute atomic E-state index is 0.0320. The number of thiazole rings is 1. The quantitative estimate of drug-likeness (QED) is 0.191. The van der Waals surface area contributed by atoms with Crippen LogP contribution in [0.25, 0.3) is 22.3 Å². The summed E-state index contributed by atoms with van der Waals surface area (Å²) >= 11 is 7.46. The SMILES string of the molecule is O=S(=O)(Nc1cscn1)c1cc(Cl)c(Oc2ccc(-c3ccc(C(F)(F)F)cc3)cc2-c2ccnnc2)cc1F. The van der Waals surface area contributed by atoms with Gasteiger partial charge < -0.3 is 4.74 Å². The molecule has 0 bridgehead atoms. The number of aromatic nitrogens is 3. The van der Waals surface area contributed by atoms with Crippen LogP contribution in [0, 0.1) is 5.82 Å². The fraction of sp³-hybridized carbons (Fsp3) is 0.0385. The number of anilines is 1. The van der Waals surface area contributed by atoms with Crippen LogP contribution >= 0.6 is 22.9 Å². The molecule has 0 unspecified atom stereocenters. The number of hydrogen-bond donors (Lipinski definition) is 1. The van der Waals surface area contributed by atoms with Crippen molar-refractivity contribution in [2.24, 2.45) is 0 Å². The lowest BCUT2D eigenvalue weighted by Gasteiger charge is -2.15. The standard InChI is InChI=1S/C26H15ClF4N4O3S2/c27-20-10-24(40(36,37)35-25-13-39-14-32-25)21(28)11-23(20)38-22-6-3-16(9-19(22)17-7-8-33-34-12-17)15-1-4-18(5-2-15)26(29,30)31/h1-14,35H. The van der Waals surface area contributed by atoms with Gasteiger partial charge in [-0.05, 0) is 47.5 Å². The smallest absolute Gasteiger partial charge is 0.416 e. The number of hydrogen-bond acceptors (Lipinski definition) is 7. The van der Waals surface area contributed by atoms with Crippen molar-refractivity contribution >= 4 is 38.8 Å². The van der Waals surface area contributed by atoms with Gasteiger partial charge in [0, 0.05) is 22.6 Å². The van der Waals surface area contributed by atoms with Crippen LogP contribution in [0.2, 0.25) is 5.02 Å². The zero-order valence-corrected chi connectivity index (χ0v) is 22.2. The molecule has 5 rings (SSSR count). The maximum atomic E-state index is 15.0. The van der Waals surface area contributed by atoms with Crippen molar-refractivity contribution in [3.05, 3.63) is 100 Å². The largest absolute Gasteiger partial charge is 0.455 e. The van der Waals surface area contributed by atoms with Crippen LogP contribution in [0.3, 0.4) is 0 Å². The zero-order chi connectivity index (χ0) is 28.5. The molecule has 0 radical (unpaired) electrons. The lowest BCUT2D eigenvalue weighted by atomic mass is 9.98. The highest BCUT2D eigenvalue weighted by Crippen LogP contribution is 2.40. The molecule has 0 spiro atoms. The van der Waals surface area contributed by atoms with Gasteiger partial charge in [0.15, 0.2) is 5.82 Å². The van der Waals surface area contributed by atoms with Crippen molar-refractivity contribution < 1.29 is 30.7 Å². The van der Waals surface area contributed by atoms with E-state index < -0.39 is 32.5 Å². The molecule has 204 valence electrons. The van der Waals surface area contributed by atoms with E-state index in [9.17, 15) is 21.6 Å². The fourth-order valence-corrected chi connectivity index (χ4v) is 5.61. The number of benzene rings is 3. The Balaban J connectivity index is 1.51. The molecule has 0 aliphatic rings.